The Labute approximate surface area is 97.1 Å². The molecule has 16 heavy (non-hydrogen) atoms. The van der Waals surface area contributed by atoms with Gasteiger partial charge in [-0.15, -0.1) is 11.8 Å². The molecule has 1 aromatic carbocycles. The molecule has 6 nitrogen and oxygen atoms in total. The summed E-state index contributed by atoms with van der Waals surface area (Å²) in [5.74, 6) is 0.776. The monoisotopic (exact) mass is 243 g/mol. The van der Waals surface area contributed by atoms with Gasteiger partial charge in [0.15, 0.2) is 5.75 Å². The van der Waals surface area contributed by atoms with Crippen LogP contribution < -0.4 is 16.2 Å². The molecule has 0 bridgehead atoms. The van der Waals surface area contributed by atoms with Crippen molar-refractivity contribution in [3.63, 3.8) is 0 Å². The van der Waals surface area contributed by atoms with Crippen LogP contribution in [0.5, 0.6) is 5.75 Å². The summed E-state index contributed by atoms with van der Waals surface area (Å²) < 4.78 is 4.89. The van der Waals surface area contributed by atoms with Crippen LogP contribution in [0.15, 0.2) is 18.2 Å². The zero-order valence-electron chi connectivity index (χ0n) is 8.75. The Hall–Kier alpha value is -1.31. The number of ether oxygens (including phenoxy) is 1. The molecule has 0 aliphatic rings. The fourth-order valence-corrected chi connectivity index (χ4v) is 1.72. The van der Waals surface area contributed by atoms with Crippen molar-refractivity contribution in [1.29, 1.82) is 0 Å². The molecule has 0 atom stereocenters. The van der Waals surface area contributed by atoms with E-state index in [-0.39, 0.29) is 11.4 Å². The van der Waals surface area contributed by atoms with Crippen molar-refractivity contribution in [3.8, 4) is 5.75 Å². The van der Waals surface area contributed by atoms with Crippen molar-refractivity contribution in [3.05, 3.63) is 33.9 Å². The van der Waals surface area contributed by atoms with Crippen molar-refractivity contribution < 1.29 is 9.66 Å². The van der Waals surface area contributed by atoms with Crippen LogP contribution in [0.1, 0.15) is 5.56 Å². The van der Waals surface area contributed by atoms with Gasteiger partial charge in [0.2, 0.25) is 0 Å². The van der Waals surface area contributed by atoms with Gasteiger partial charge in [0, 0.05) is 11.8 Å². The molecule has 0 aliphatic heterocycles. The van der Waals surface area contributed by atoms with E-state index in [9.17, 15) is 10.1 Å². The molecule has 0 aromatic heterocycles. The minimum absolute atomic E-state index is 0.0498. The van der Waals surface area contributed by atoms with Crippen LogP contribution in [-0.4, -0.2) is 17.5 Å². The Morgan fingerprint density at radius 3 is 2.75 bits per heavy atom. The van der Waals surface area contributed by atoms with E-state index in [1.807, 2.05) is 0 Å². The van der Waals surface area contributed by atoms with E-state index in [0.29, 0.717) is 5.75 Å². The van der Waals surface area contributed by atoms with Gasteiger partial charge < -0.3 is 16.2 Å². The summed E-state index contributed by atoms with van der Waals surface area (Å²) in [6.45, 7) is 0. The lowest BCUT2D eigenvalue weighted by molar-refractivity contribution is -0.385. The van der Waals surface area contributed by atoms with Crippen molar-refractivity contribution >= 4 is 17.4 Å². The van der Waals surface area contributed by atoms with Crippen molar-refractivity contribution in [1.82, 2.24) is 0 Å². The second-order valence-corrected chi connectivity index (χ2v) is 4.21. The second-order valence-electron chi connectivity index (χ2n) is 3.04. The van der Waals surface area contributed by atoms with E-state index < -0.39 is 10.4 Å². The summed E-state index contributed by atoms with van der Waals surface area (Å²) in [6.07, 6.45) is 0. The van der Waals surface area contributed by atoms with Crippen LogP contribution in [0.25, 0.3) is 0 Å². The number of nitro groups is 1. The van der Waals surface area contributed by atoms with Crippen LogP contribution >= 0.6 is 11.8 Å². The maximum absolute atomic E-state index is 10.7. The number of hydrogen-bond donors (Lipinski definition) is 2. The number of nitrogens with two attached hydrogens (primary N) is 2. The highest BCUT2D eigenvalue weighted by atomic mass is 32.2. The number of nitro benzene ring substituents is 1. The number of thioether (sulfide) groups is 1. The minimum atomic E-state index is -0.485. The molecule has 0 spiro atoms. The third kappa shape index (κ3) is 3.37. The van der Waals surface area contributed by atoms with E-state index >= 15 is 0 Å². The fraction of sp³-hybridized carbons (Fsp3) is 0.333. The van der Waals surface area contributed by atoms with Gasteiger partial charge in [-0.3, -0.25) is 10.1 Å². The topological polar surface area (TPSA) is 104 Å². The maximum Gasteiger partial charge on any atom is 0.311 e. The smallest absolute Gasteiger partial charge is 0.311 e. The highest BCUT2D eigenvalue weighted by Crippen LogP contribution is 2.28. The predicted octanol–water partition coefficient (Wildman–Crippen LogP) is 1.04. The van der Waals surface area contributed by atoms with Gasteiger partial charge in [-0.05, 0) is 11.6 Å². The zero-order valence-corrected chi connectivity index (χ0v) is 9.57. The van der Waals surface area contributed by atoms with Gasteiger partial charge in [-0.2, -0.15) is 0 Å². The fourth-order valence-electron chi connectivity index (χ4n) is 1.16. The van der Waals surface area contributed by atoms with Gasteiger partial charge in [0.1, 0.15) is 5.50 Å². The summed E-state index contributed by atoms with van der Waals surface area (Å²) in [7, 11) is 1.40. The molecule has 1 rings (SSSR count). The molecular weight excluding hydrogens is 230 g/mol. The lowest BCUT2D eigenvalue weighted by atomic mass is 10.2. The first kappa shape index (κ1) is 12.8. The summed E-state index contributed by atoms with van der Waals surface area (Å²) in [5.41, 5.74) is 11.0. The van der Waals surface area contributed by atoms with E-state index in [2.05, 4.69) is 0 Å². The van der Waals surface area contributed by atoms with Crippen LogP contribution in [0.3, 0.4) is 0 Å². The van der Waals surface area contributed by atoms with Crippen LogP contribution in [0.4, 0.5) is 5.69 Å². The molecule has 7 heteroatoms. The molecule has 0 saturated carbocycles. The van der Waals surface area contributed by atoms with Crippen molar-refractivity contribution in [2.45, 2.75) is 11.3 Å². The summed E-state index contributed by atoms with van der Waals surface area (Å²) in [6, 6.07) is 4.78. The molecule has 88 valence electrons. The van der Waals surface area contributed by atoms with Gasteiger partial charge in [0.05, 0.1) is 12.0 Å². The lowest BCUT2D eigenvalue weighted by Crippen LogP contribution is -2.26. The zero-order chi connectivity index (χ0) is 12.1. The van der Waals surface area contributed by atoms with Crippen LogP contribution in [0, 0.1) is 10.1 Å². The maximum atomic E-state index is 10.7. The van der Waals surface area contributed by atoms with Gasteiger partial charge >= 0.3 is 5.69 Å². The van der Waals surface area contributed by atoms with Crippen molar-refractivity contribution in [2.75, 3.05) is 7.11 Å². The Balaban J connectivity index is 2.89. The van der Waals surface area contributed by atoms with E-state index in [1.54, 1.807) is 12.1 Å². The molecule has 0 saturated heterocycles. The number of nitrogens with zero attached hydrogens (tertiary/aromatic N) is 1. The van der Waals surface area contributed by atoms with Gasteiger partial charge in [-0.25, -0.2) is 0 Å². The van der Waals surface area contributed by atoms with Gasteiger partial charge in [0.25, 0.3) is 0 Å². The molecule has 0 unspecified atom stereocenters. The third-order valence-electron chi connectivity index (χ3n) is 1.88. The highest BCUT2D eigenvalue weighted by Gasteiger charge is 2.15. The number of rotatable bonds is 5. The Morgan fingerprint density at radius 1 is 1.56 bits per heavy atom. The Bertz CT molecular complexity index is 384. The molecule has 0 radical (unpaired) electrons. The number of benzene rings is 1. The largest absolute Gasteiger partial charge is 0.490 e. The van der Waals surface area contributed by atoms with Crippen LogP contribution in [0.2, 0.25) is 0 Å². The SMILES string of the molecule is COc1ccc(CSC(N)N)cc1[N+](=O)[O-]. The molecule has 4 N–H and O–H groups in total. The summed E-state index contributed by atoms with van der Waals surface area (Å²) >= 11 is 1.31. The Kier molecular flexibility index (Phi) is 4.53. The molecule has 0 aliphatic carbocycles. The van der Waals surface area contributed by atoms with Crippen molar-refractivity contribution in [2.24, 2.45) is 11.5 Å². The third-order valence-corrected chi connectivity index (χ3v) is 2.77. The summed E-state index contributed by atoms with van der Waals surface area (Å²) in [4.78, 5) is 10.3. The normalized spacial score (nSPS) is 10.5. The first-order valence-electron chi connectivity index (χ1n) is 4.48. The Morgan fingerprint density at radius 2 is 2.25 bits per heavy atom. The average molecular weight is 243 g/mol. The number of hydrogen-bond acceptors (Lipinski definition) is 6. The molecule has 1 aromatic rings. The van der Waals surface area contributed by atoms with E-state index in [0.717, 1.165) is 5.56 Å². The average Bonchev–Trinajstić information content (AvgIpc) is 2.25. The second kappa shape index (κ2) is 5.69. The van der Waals surface area contributed by atoms with Gasteiger partial charge in [-0.1, -0.05) is 6.07 Å². The number of methoxy groups -OCH3 is 1. The van der Waals surface area contributed by atoms with E-state index in [4.69, 9.17) is 16.2 Å². The standard InChI is InChI=1S/C9H13N3O3S/c1-15-8-3-2-6(5-16-9(10)11)4-7(8)12(13)14/h2-4,9H,5,10-11H2,1H3. The minimum Gasteiger partial charge on any atom is -0.490 e. The highest BCUT2D eigenvalue weighted by molar-refractivity contribution is 7.99. The quantitative estimate of drug-likeness (QED) is 0.455. The first-order chi connectivity index (χ1) is 7.54. The van der Waals surface area contributed by atoms with E-state index in [1.165, 1.54) is 24.9 Å². The molecular formula is C9H13N3O3S. The molecule has 0 heterocycles. The van der Waals surface area contributed by atoms with Crippen LogP contribution in [-0.2, 0) is 5.75 Å². The molecule has 0 amide bonds. The predicted molar refractivity (Wildman–Crippen MR) is 63.1 cm³/mol. The molecule has 0 fully saturated rings. The first-order valence-corrected chi connectivity index (χ1v) is 5.53. The lowest BCUT2D eigenvalue weighted by Gasteiger charge is -2.06. The summed E-state index contributed by atoms with van der Waals surface area (Å²) in [5, 5.41) is 10.7.